The maximum Gasteiger partial charge on any atom is 0.253 e. The van der Waals surface area contributed by atoms with Gasteiger partial charge in [-0.15, -0.1) is 11.3 Å². The van der Waals surface area contributed by atoms with Crippen LogP contribution in [0.1, 0.15) is 21.7 Å². The molecule has 2 amide bonds. The van der Waals surface area contributed by atoms with Crippen LogP contribution >= 0.6 is 46.3 Å². The summed E-state index contributed by atoms with van der Waals surface area (Å²) in [5.41, 5.74) is 0.297. The SMILES string of the molecule is CSCCC(NC(=O)c1ccc(Cl)cc1Cl)C(=O)NCc1cccs1. The van der Waals surface area contributed by atoms with Gasteiger partial charge in [-0.25, -0.2) is 0 Å². The maximum atomic E-state index is 12.5. The van der Waals surface area contributed by atoms with Gasteiger partial charge in [0.05, 0.1) is 17.1 Å². The van der Waals surface area contributed by atoms with E-state index in [2.05, 4.69) is 10.6 Å². The average molecular weight is 417 g/mol. The highest BCUT2D eigenvalue weighted by Crippen LogP contribution is 2.21. The normalized spacial score (nSPS) is 11.8. The van der Waals surface area contributed by atoms with Gasteiger partial charge in [-0.05, 0) is 48.1 Å². The zero-order valence-corrected chi connectivity index (χ0v) is 16.7. The molecule has 0 saturated heterocycles. The summed E-state index contributed by atoms with van der Waals surface area (Å²) in [5.74, 6) is 0.158. The second kappa shape index (κ2) is 10.1. The molecule has 2 N–H and O–H groups in total. The van der Waals surface area contributed by atoms with E-state index in [0.717, 1.165) is 10.6 Å². The first-order valence-corrected chi connectivity index (χ1v) is 10.6. The Morgan fingerprint density at radius 1 is 1.28 bits per heavy atom. The summed E-state index contributed by atoms with van der Waals surface area (Å²) in [7, 11) is 0. The van der Waals surface area contributed by atoms with Crippen molar-refractivity contribution in [1.82, 2.24) is 10.6 Å². The molecule has 25 heavy (non-hydrogen) atoms. The number of benzene rings is 1. The summed E-state index contributed by atoms with van der Waals surface area (Å²) in [4.78, 5) is 26.0. The van der Waals surface area contributed by atoms with Gasteiger partial charge in [-0.3, -0.25) is 9.59 Å². The Morgan fingerprint density at radius 2 is 2.08 bits per heavy atom. The van der Waals surface area contributed by atoms with Crippen molar-refractivity contribution in [1.29, 1.82) is 0 Å². The Morgan fingerprint density at radius 3 is 2.72 bits per heavy atom. The minimum atomic E-state index is -0.619. The van der Waals surface area contributed by atoms with E-state index in [-0.39, 0.29) is 16.8 Å². The number of rotatable bonds is 8. The number of amides is 2. The third-order valence-electron chi connectivity index (χ3n) is 3.43. The van der Waals surface area contributed by atoms with Gasteiger partial charge in [0.2, 0.25) is 5.91 Å². The zero-order valence-electron chi connectivity index (χ0n) is 13.6. The van der Waals surface area contributed by atoms with Gasteiger partial charge >= 0.3 is 0 Å². The summed E-state index contributed by atoms with van der Waals surface area (Å²) in [5, 5.41) is 8.30. The molecule has 0 radical (unpaired) electrons. The molecule has 2 aromatic rings. The fourth-order valence-corrected chi connectivity index (χ4v) is 3.74. The van der Waals surface area contributed by atoms with Crippen LogP contribution in [0.5, 0.6) is 0 Å². The van der Waals surface area contributed by atoms with Crippen LogP contribution in [0.25, 0.3) is 0 Å². The van der Waals surface area contributed by atoms with E-state index < -0.39 is 6.04 Å². The number of thioether (sulfide) groups is 1. The molecule has 8 heteroatoms. The van der Waals surface area contributed by atoms with E-state index in [9.17, 15) is 9.59 Å². The van der Waals surface area contributed by atoms with Crippen LogP contribution in [-0.2, 0) is 11.3 Å². The zero-order chi connectivity index (χ0) is 18.2. The Labute approximate surface area is 165 Å². The number of hydrogen-bond donors (Lipinski definition) is 2. The lowest BCUT2D eigenvalue weighted by molar-refractivity contribution is -0.123. The van der Waals surface area contributed by atoms with Crippen molar-refractivity contribution >= 4 is 58.1 Å². The molecule has 1 unspecified atom stereocenters. The molecule has 0 aliphatic heterocycles. The van der Waals surface area contributed by atoms with E-state index in [1.54, 1.807) is 35.2 Å². The van der Waals surface area contributed by atoms with Crippen molar-refractivity contribution in [3.8, 4) is 0 Å². The first-order valence-electron chi connectivity index (χ1n) is 7.56. The number of carbonyl (C=O) groups excluding carboxylic acids is 2. The van der Waals surface area contributed by atoms with Crippen LogP contribution in [0.2, 0.25) is 10.0 Å². The largest absolute Gasteiger partial charge is 0.349 e. The van der Waals surface area contributed by atoms with E-state index in [1.807, 2.05) is 23.8 Å². The van der Waals surface area contributed by atoms with Crippen LogP contribution in [0.3, 0.4) is 0 Å². The molecule has 134 valence electrons. The predicted molar refractivity (Wildman–Crippen MR) is 107 cm³/mol. The van der Waals surface area contributed by atoms with Crippen LogP contribution in [0.4, 0.5) is 0 Å². The van der Waals surface area contributed by atoms with Gasteiger partial charge in [-0.2, -0.15) is 11.8 Å². The summed E-state index contributed by atoms with van der Waals surface area (Å²) in [6.07, 6.45) is 2.49. The number of carbonyl (C=O) groups is 2. The van der Waals surface area contributed by atoms with Crippen molar-refractivity contribution in [2.75, 3.05) is 12.0 Å². The topological polar surface area (TPSA) is 58.2 Å². The molecule has 0 aliphatic rings. The van der Waals surface area contributed by atoms with Crippen molar-refractivity contribution in [3.05, 3.63) is 56.2 Å². The molecule has 0 fully saturated rings. The van der Waals surface area contributed by atoms with Crippen molar-refractivity contribution in [2.45, 2.75) is 19.0 Å². The average Bonchev–Trinajstić information content (AvgIpc) is 3.09. The van der Waals surface area contributed by atoms with Crippen molar-refractivity contribution < 1.29 is 9.59 Å². The van der Waals surface area contributed by atoms with Crippen LogP contribution in [0.15, 0.2) is 35.7 Å². The van der Waals surface area contributed by atoms with Crippen LogP contribution < -0.4 is 10.6 Å². The summed E-state index contributed by atoms with van der Waals surface area (Å²) in [6, 6.07) is 7.92. The Kier molecular flexibility index (Phi) is 8.09. The molecular weight excluding hydrogens is 399 g/mol. The molecule has 0 aliphatic carbocycles. The molecule has 0 bridgehead atoms. The fraction of sp³-hybridized carbons (Fsp3) is 0.294. The lowest BCUT2D eigenvalue weighted by atomic mass is 10.1. The van der Waals surface area contributed by atoms with Crippen LogP contribution in [-0.4, -0.2) is 29.9 Å². The molecule has 1 aromatic carbocycles. The predicted octanol–water partition coefficient (Wildman–Crippen LogP) is 4.22. The second-order valence-electron chi connectivity index (χ2n) is 5.23. The lowest BCUT2D eigenvalue weighted by Gasteiger charge is -2.18. The standard InChI is InChI=1S/C17H18Cl2N2O2S2/c1-24-8-6-15(17(23)20-10-12-3-2-7-25-12)21-16(22)13-5-4-11(18)9-14(13)19/h2-5,7,9,15H,6,8,10H2,1H3,(H,20,23)(H,21,22). The van der Waals surface area contributed by atoms with Gasteiger partial charge in [0.15, 0.2) is 0 Å². The molecule has 2 rings (SSSR count). The summed E-state index contributed by atoms with van der Waals surface area (Å²) < 4.78 is 0. The monoisotopic (exact) mass is 416 g/mol. The van der Waals surface area contributed by atoms with Crippen molar-refractivity contribution in [3.63, 3.8) is 0 Å². The van der Waals surface area contributed by atoms with Crippen molar-refractivity contribution in [2.24, 2.45) is 0 Å². The molecular formula is C17H18Cl2N2O2S2. The molecule has 1 heterocycles. The number of hydrogen-bond acceptors (Lipinski definition) is 4. The van der Waals surface area contributed by atoms with Gasteiger partial charge in [0.25, 0.3) is 5.91 Å². The number of thiophene rings is 1. The maximum absolute atomic E-state index is 12.5. The Hall–Kier alpha value is -1.21. The van der Waals surface area contributed by atoms with Gasteiger partial charge < -0.3 is 10.6 Å². The Balaban J connectivity index is 2.02. The fourth-order valence-electron chi connectivity index (χ4n) is 2.12. The quantitative estimate of drug-likeness (QED) is 0.676. The highest BCUT2D eigenvalue weighted by molar-refractivity contribution is 7.98. The van der Waals surface area contributed by atoms with E-state index in [0.29, 0.717) is 23.6 Å². The first-order chi connectivity index (χ1) is 12.0. The highest BCUT2D eigenvalue weighted by atomic mass is 35.5. The minimum absolute atomic E-state index is 0.208. The molecule has 0 spiro atoms. The van der Waals surface area contributed by atoms with Crippen LogP contribution in [0, 0.1) is 0 Å². The summed E-state index contributed by atoms with van der Waals surface area (Å²) >= 11 is 15.1. The lowest BCUT2D eigenvalue weighted by Crippen LogP contribution is -2.46. The van der Waals surface area contributed by atoms with Gasteiger partial charge in [0, 0.05) is 9.90 Å². The molecule has 1 atom stereocenters. The molecule has 4 nitrogen and oxygen atoms in total. The Bertz CT molecular complexity index is 723. The smallest absolute Gasteiger partial charge is 0.253 e. The number of nitrogens with one attached hydrogen (secondary N) is 2. The minimum Gasteiger partial charge on any atom is -0.349 e. The number of halogens is 2. The highest BCUT2D eigenvalue weighted by Gasteiger charge is 2.22. The molecule has 0 saturated carbocycles. The first kappa shape index (κ1) is 20.1. The van der Waals surface area contributed by atoms with Gasteiger partial charge in [-0.1, -0.05) is 29.3 Å². The van der Waals surface area contributed by atoms with E-state index >= 15 is 0 Å². The molecule has 1 aromatic heterocycles. The third-order valence-corrected chi connectivity index (χ3v) is 5.49. The third kappa shape index (κ3) is 6.22. The van der Waals surface area contributed by atoms with Gasteiger partial charge in [0.1, 0.15) is 6.04 Å². The summed E-state index contributed by atoms with van der Waals surface area (Å²) in [6.45, 7) is 0.448. The van der Waals surface area contributed by atoms with E-state index in [1.165, 1.54) is 6.07 Å². The second-order valence-corrected chi connectivity index (χ2v) is 8.09. The van der Waals surface area contributed by atoms with E-state index in [4.69, 9.17) is 23.2 Å².